The van der Waals surface area contributed by atoms with Crippen molar-refractivity contribution in [3.63, 3.8) is 0 Å². The van der Waals surface area contributed by atoms with Gasteiger partial charge in [0.1, 0.15) is 6.54 Å². The largest absolute Gasteiger partial charge is 0.465 e. The SMILES string of the molecule is CCOC(=O)CN(C)c1nnc(C(F)(F)F)s1. The maximum Gasteiger partial charge on any atom is 0.445 e. The van der Waals surface area contributed by atoms with E-state index in [1.807, 2.05) is 0 Å². The van der Waals surface area contributed by atoms with Crippen LogP contribution >= 0.6 is 11.3 Å². The molecule has 0 aromatic carbocycles. The quantitative estimate of drug-likeness (QED) is 0.776. The average molecular weight is 269 g/mol. The maximum absolute atomic E-state index is 12.2. The van der Waals surface area contributed by atoms with Gasteiger partial charge in [0.15, 0.2) is 0 Å². The van der Waals surface area contributed by atoms with Crippen molar-refractivity contribution in [2.45, 2.75) is 13.1 Å². The van der Waals surface area contributed by atoms with Crippen molar-refractivity contribution in [1.82, 2.24) is 10.2 Å². The topological polar surface area (TPSA) is 55.3 Å². The highest BCUT2D eigenvalue weighted by atomic mass is 32.1. The summed E-state index contributed by atoms with van der Waals surface area (Å²) < 4.78 is 41.4. The van der Waals surface area contributed by atoms with Crippen molar-refractivity contribution < 1.29 is 22.7 Å². The van der Waals surface area contributed by atoms with E-state index in [1.165, 1.54) is 11.9 Å². The number of carbonyl (C=O) groups is 1. The van der Waals surface area contributed by atoms with Crippen LogP contribution in [0.15, 0.2) is 0 Å². The molecule has 5 nitrogen and oxygen atoms in total. The van der Waals surface area contributed by atoms with Gasteiger partial charge in [-0.15, -0.1) is 10.2 Å². The molecule has 1 aromatic heterocycles. The van der Waals surface area contributed by atoms with Gasteiger partial charge in [-0.05, 0) is 6.92 Å². The van der Waals surface area contributed by atoms with E-state index >= 15 is 0 Å². The van der Waals surface area contributed by atoms with E-state index in [0.717, 1.165) is 0 Å². The zero-order chi connectivity index (χ0) is 13.1. The van der Waals surface area contributed by atoms with Crippen LogP contribution < -0.4 is 4.90 Å². The number of hydrogen-bond donors (Lipinski definition) is 0. The molecule has 0 bridgehead atoms. The van der Waals surface area contributed by atoms with Gasteiger partial charge >= 0.3 is 12.1 Å². The lowest BCUT2D eigenvalue weighted by Crippen LogP contribution is -2.26. The zero-order valence-electron chi connectivity index (χ0n) is 9.11. The number of carbonyl (C=O) groups excluding carboxylic acids is 1. The molecule has 0 spiro atoms. The monoisotopic (exact) mass is 269 g/mol. The van der Waals surface area contributed by atoms with Crippen LogP contribution in [0.3, 0.4) is 0 Å². The van der Waals surface area contributed by atoms with E-state index in [9.17, 15) is 18.0 Å². The van der Waals surface area contributed by atoms with Crippen molar-refractivity contribution in [1.29, 1.82) is 0 Å². The number of halogens is 3. The van der Waals surface area contributed by atoms with E-state index in [2.05, 4.69) is 14.9 Å². The molecular weight excluding hydrogens is 259 g/mol. The first kappa shape index (κ1) is 13.7. The summed E-state index contributed by atoms with van der Waals surface area (Å²) in [4.78, 5) is 12.4. The zero-order valence-corrected chi connectivity index (χ0v) is 9.93. The number of likely N-dealkylation sites (N-methyl/N-ethyl adjacent to an activating group) is 1. The number of ether oxygens (including phenoxy) is 1. The second-order valence-electron chi connectivity index (χ2n) is 3.05. The predicted octanol–water partition coefficient (Wildman–Crippen LogP) is 1.56. The first-order valence-corrected chi connectivity index (χ1v) is 5.43. The molecule has 0 atom stereocenters. The lowest BCUT2D eigenvalue weighted by atomic mass is 10.6. The van der Waals surface area contributed by atoms with Gasteiger partial charge in [-0.1, -0.05) is 11.3 Å². The van der Waals surface area contributed by atoms with Gasteiger partial charge in [0, 0.05) is 7.05 Å². The summed E-state index contributed by atoms with van der Waals surface area (Å²) in [6.45, 7) is 1.70. The standard InChI is InChI=1S/C8H10F3N3O2S/c1-3-16-5(15)4-14(2)7-13-12-6(17-7)8(9,10)11/h3-4H2,1-2H3. The van der Waals surface area contributed by atoms with Gasteiger partial charge in [-0.25, -0.2) is 0 Å². The molecule has 0 radical (unpaired) electrons. The van der Waals surface area contributed by atoms with E-state index in [4.69, 9.17) is 0 Å². The van der Waals surface area contributed by atoms with Gasteiger partial charge in [-0.2, -0.15) is 13.2 Å². The number of nitrogens with zero attached hydrogens (tertiary/aromatic N) is 3. The number of esters is 1. The van der Waals surface area contributed by atoms with Gasteiger partial charge in [0.25, 0.3) is 0 Å². The summed E-state index contributed by atoms with van der Waals surface area (Å²) in [5, 5.41) is 5.35. The molecule has 0 aliphatic rings. The molecule has 0 saturated carbocycles. The highest BCUT2D eigenvalue weighted by Gasteiger charge is 2.36. The first-order chi connectivity index (χ1) is 7.84. The molecule has 9 heteroatoms. The minimum absolute atomic E-state index is 0.0189. The van der Waals surface area contributed by atoms with E-state index in [0.29, 0.717) is 11.3 Å². The Labute approximate surface area is 99.2 Å². The molecule has 0 aliphatic carbocycles. The van der Waals surface area contributed by atoms with Crippen molar-refractivity contribution in [3.8, 4) is 0 Å². The summed E-state index contributed by atoms with van der Waals surface area (Å²) in [7, 11) is 1.44. The molecule has 17 heavy (non-hydrogen) atoms. The molecule has 1 rings (SSSR count). The highest BCUT2D eigenvalue weighted by molar-refractivity contribution is 7.15. The van der Waals surface area contributed by atoms with Crippen LogP contribution in [-0.4, -0.2) is 36.4 Å². The van der Waals surface area contributed by atoms with Gasteiger partial charge in [-0.3, -0.25) is 4.79 Å². The molecule has 0 amide bonds. The summed E-state index contributed by atoms with van der Waals surface area (Å²) in [5.41, 5.74) is 0. The normalized spacial score (nSPS) is 11.4. The molecule has 0 N–H and O–H groups in total. The fraction of sp³-hybridized carbons (Fsp3) is 0.625. The van der Waals surface area contributed by atoms with Crippen LogP contribution in [0.2, 0.25) is 0 Å². The Morgan fingerprint density at radius 3 is 2.59 bits per heavy atom. The van der Waals surface area contributed by atoms with Crippen molar-refractivity contribution in [2.24, 2.45) is 0 Å². The van der Waals surface area contributed by atoms with E-state index < -0.39 is 17.2 Å². The van der Waals surface area contributed by atoms with Crippen LogP contribution in [-0.2, 0) is 15.7 Å². The molecular formula is C8H10F3N3O2S. The van der Waals surface area contributed by atoms with Gasteiger partial charge in [0.2, 0.25) is 10.1 Å². The Bertz CT molecular complexity index is 394. The first-order valence-electron chi connectivity index (χ1n) is 4.62. The van der Waals surface area contributed by atoms with Gasteiger partial charge in [0.05, 0.1) is 6.61 Å². The van der Waals surface area contributed by atoms with Crippen LogP contribution in [0, 0.1) is 0 Å². The fourth-order valence-electron chi connectivity index (χ4n) is 0.952. The minimum Gasteiger partial charge on any atom is -0.465 e. The number of rotatable bonds is 4. The summed E-state index contributed by atoms with van der Waals surface area (Å²) in [6, 6.07) is 0. The third-order valence-electron chi connectivity index (χ3n) is 1.65. The fourth-order valence-corrected chi connectivity index (χ4v) is 1.62. The number of anilines is 1. The highest BCUT2D eigenvalue weighted by Crippen LogP contribution is 2.33. The molecule has 96 valence electrons. The van der Waals surface area contributed by atoms with E-state index in [1.54, 1.807) is 6.92 Å². The molecule has 1 heterocycles. The second-order valence-corrected chi connectivity index (χ2v) is 4.00. The lowest BCUT2D eigenvalue weighted by molar-refractivity contribution is -0.141. The number of aromatic nitrogens is 2. The number of alkyl halides is 3. The average Bonchev–Trinajstić information content (AvgIpc) is 2.65. The third-order valence-corrected chi connectivity index (χ3v) is 2.74. The third kappa shape index (κ3) is 3.84. The molecule has 0 unspecified atom stereocenters. The maximum atomic E-state index is 12.2. The van der Waals surface area contributed by atoms with E-state index in [-0.39, 0.29) is 18.3 Å². The second kappa shape index (κ2) is 5.30. The van der Waals surface area contributed by atoms with Crippen LogP contribution in [0.25, 0.3) is 0 Å². The van der Waals surface area contributed by atoms with Crippen LogP contribution in [0.4, 0.5) is 18.3 Å². The summed E-state index contributed by atoms with van der Waals surface area (Å²) >= 11 is 0.379. The smallest absolute Gasteiger partial charge is 0.445 e. The Kier molecular flexibility index (Phi) is 4.27. The van der Waals surface area contributed by atoms with Crippen molar-refractivity contribution in [3.05, 3.63) is 5.01 Å². The minimum atomic E-state index is -4.51. The Hall–Kier alpha value is -1.38. The predicted molar refractivity (Wildman–Crippen MR) is 54.8 cm³/mol. The summed E-state index contributed by atoms with van der Waals surface area (Å²) in [6.07, 6.45) is -4.51. The molecule has 0 aliphatic heterocycles. The molecule has 0 fully saturated rings. The Morgan fingerprint density at radius 1 is 1.47 bits per heavy atom. The van der Waals surface area contributed by atoms with Crippen molar-refractivity contribution >= 4 is 22.4 Å². The van der Waals surface area contributed by atoms with Gasteiger partial charge < -0.3 is 9.64 Å². The Balaban J connectivity index is 2.67. The van der Waals surface area contributed by atoms with Crippen molar-refractivity contribution in [2.75, 3.05) is 25.1 Å². The molecule has 1 aromatic rings. The molecule has 0 saturated heterocycles. The van der Waals surface area contributed by atoms with Crippen LogP contribution in [0.5, 0.6) is 0 Å². The number of hydrogen-bond acceptors (Lipinski definition) is 6. The summed E-state index contributed by atoms with van der Waals surface area (Å²) in [5.74, 6) is -0.529. The Morgan fingerprint density at radius 2 is 2.12 bits per heavy atom. The van der Waals surface area contributed by atoms with Crippen LogP contribution in [0.1, 0.15) is 11.9 Å². The lowest BCUT2D eigenvalue weighted by Gasteiger charge is -2.13.